The zero-order valence-electron chi connectivity index (χ0n) is 46.7. The number of carbonyl (C=O) groups is 1. The average Bonchev–Trinajstić information content (AvgIpc) is 3.42. The van der Waals surface area contributed by atoms with E-state index in [1.54, 1.807) is 6.08 Å². The van der Waals surface area contributed by atoms with Crippen LogP contribution in [0.15, 0.2) is 36.5 Å². The van der Waals surface area contributed by atoms with Gasteiger partial charge in [0.15, 0.2) is 18.9 Å². The van der Waals surface area contributed by atoms with Gasteiger partial charge in [-0.25, -0.2) is 0 Å². The number of carbonyl (C=O) groups excluding carboxylic acids is 1. The van der Waals surface area contributed by atoms with E-state index < -0.39 is 124 Å². The van der Waals surface area contributed by atoms with Crippen molar-refractivity contribution in [1.82, 2.24) is 5.32 Å². The Morgan fingerprint density at radius 2 is 0.831 bits per heavy atom. The van der Waals surface area contributed by atoms with Gasteiger partial charge in [0.1, 0.15) is 73.2 Å². The van der Waals surface area contributed by atoms with Crippen molar-refractivity contribution < 1.29 is 89.4 Å². The Bertz CT molecular complexity index is 1550. The number of hydrogen-bond donors (Lipinski definition) is 12. The minimum Gasteiger partial charge on any atom is -0.394 e. The molecule has 19 nitrogen and oxygen atoms in total. The second-order valence-electron chi connectivity index (χ2n) is 21.4. The van der Waals surface area contributed by atoms with Crippen LogP contribution in [-0.4, -0.2) is 193 Å². The molecule has 17 unspecified atom stereocenters. The number of amides is 1. The molecule has 1 amide bonds. The summed E-state index contributed by atoms with van der Waals surface area (Å²) in [4.78, 5) is 13.3. The molecule has 0 bridgehead atoms. The number of hydrogen-bond acceptors (Lipinski definition) is 18. The first-order valence-electron chi connectivity index (χ1n) is 29.7. The number of nitrogens with one attached hydrogen (secondary N) is 1. The van der Waals surface area contributed by atoms with E-state index in [2.05, 4.69) is 43.5 Å². The van der Waals surface area contributed by atoms with Crippen molar-refractivity contribution in [3.63, 3.8) is 0 Å². The molecule has 3 rings (SSSR count). The van der Waals surface area contributed by atoms with Crippen molar-refractivity contribution in [3.05, 3.63) is 36.5 Å². The molecule has 12 N–H and O–H groups in total. The number of aliphatic hydroxyl groups excluding tert-OH is 11. The van der Waals surface area contributed by atoms with Gasteiger partial charge in [0.05, 0.1) is 38.6 Å². The summed E-state index contributed by atoms with van der Waals surface area (Å²) in [5, 5.41) is 120. The van der Waals surface area contributed by atoms with E-state index in [1.807, 2.05) is 6.08 Å². The highest BCUT2D eigenvalue weighted by Gasteiger charge is 2.53. The molecule has 3 aliphatic heterocycles. The van der Waals surface area contributed by atoms with Gasteiger partial charge in [0, 0.05) is 6.42 Å². The van der Waals surface area contributed by atoms with Crippen LogP contribution in [0.3, 0.4) is 0 Å². The fourth-order valence-corrected chi connectivity index (χ4v) is 9.96. The molecule has 19 heteroatoms. The highest BCUT2D eigenvalue weighted by molar-refractivity contribution is 5.76. The molecule has 0 saturated carbocycles. The molecule has 0 aromatic rings. The van der Waals surface area contributed by atoms with Gasteiger partial charge in [-0.1, -0.05) is 166 Å². The Hall–Kier alpha value is -1.99. The van der Waals surface area contributed by atoms with E-state index >= 15 is 0 Å². The Morgan fingerprint density at radius 1 is 0.455 bits per heavy atom. The van der Waals surface area contributed by atoms with Crippen LogP contribution < -0.4 is 5.32 Å². The average molecular weight is 1100 g/mol. The summed E-state index contributed by atoms with van der Waals surface area (Å²) in [6.07, 6.45) is 17.0. The zero-order chi connectivity index (χ0) is 56.2. The first-order valence-corrected chi connectivity index (χ1v) is 29.7. The molecule has 3 heterocycles. The SMILES string of the molecule is CCCCCCCCC/C=C\CCCCCCCCCC(=O)NC(COC1OC(CO)C(OC2OC(CO)C(OC3OC(CO)C(O)C(O)C3O)C(O)C2O)C(O)C1O)C(O)/C=C/CC/C=C/CCCCCCCCCC. The molecule has 3 fully saturated rings. The monoisotopic (exact) mass is 1100 g/mol. The van der Waals surface area contributed by atoms with E-state index in [0.29, 0.717) is 12.8 Å². The largest absolute Gasteiger partial charge is 0.394 e. The third-order valence-electron chi connectivity index (χ3n) is 14.9. The van der Waals surface area contributed by atoms with Crippen LogP contribution in [0.1, 0.15) is 194 Å². The molecule has 0 aromatic heterocycles. The molecule has 3 aliphatic rings. The van der Waals surface area contributed by atoms with Crippen LogP contribution in [0, 0.1) is 0 Å². The molecule has 0 aromatic carbocycles. The van der Waals surface area contributed by atoms with E-state index in [0.717, 1.165) is 51.4 Å². The summed E-state index contributed by atoms with van der Waals surface area (Å²) in [6.45, 7) is 1.68. The molecule has 0 radical (unpaired) electrons. The van der Waals surface area contributed by atoms with Crippen molar-refractivity contribution in [3.8, 4) is 0 Å². The van der Waals surface area contributed by atoms with Crippen LogP contribution in [0.5, 0.6) is 0 Å². The van der Waals surface area contributed by atoms with Gasteiger partial charge in [-0.15, -0.1) is 0 Å². The van der Waals surface area contributed by atoms with Gasteiger partial charge in [-0.3, -0.25) is 4.79 Å². The lowest BCUT2D eigenvalue weighted by atomic mass is 9.96. The van der Waals surface area contributed by atoms with E-state index in [4.69, 9.17) is 28.4 Å². The Morgan fingerprint density at radius 3 is 1.30 bits per heavy atom. The fourth-order valence-electron chi connectivity index (χ4n) is 9.96. The molecule has 3 saturated heterocycles. The van der Waals surface area contributed by atoms with Gasteiger partial charge in [0.2, 0.25) is 5.91 Å². The highest BCUT2D eigenvalue weighted by atomic mass is 16.8. The van der Waals surface area contributed by atoms with Crippen LogP contribution in [0.2, 0.25) is 0 Å². The maximum atomic E-state index is 13.3. The van der Waals surface area contributed by atoms with Gasteiger partial charge in [0.25, 0.3) is 0 Å². The lowest BCUT2D eigenvalue weighted by molar-refractivity contribution is -0.379. The zero-order valence-corrected chi connectivity index (χ0v) is 46.7. The first-order chi connectivity index (χ1) is 37.3. The summed E-state index contributed by atoms with van der Waals surface area (Å²) < 4.78 is 34.2. The Labute approximate surface area is 460 Å². The van der Waals surface area contributed by atoms with Crippen molar-refractivity contribution in [1.29, 1.82) is 0 Å². The topological polar surface area (TPSA) is 307 Å². The smallest absolute Gasteiger partial charge is 0.220 e. The van der Waals surface area contributed by atoms with E-state index in [9.17, 15) is 61.0 Å². The summed E-state index contributed by atoms with van der Waals surface area (Å²) in [5.74, 6) is -0.291. The summed E-state index contributed by atoms with van der Waals surface area (Å²) in [5.41, 5.74) is 0. The van der Waals surface area contributed by atoms with Crippen molar-refractivity contribution in [2.45, 2.75) is 298 Å². The maximum absolute atomic E-state index is 13.3. The van der Waals surface area contributed by atoms with Crippen molar-refractivity contribution in [2.24, 2.45) is 0 Å². The summed E-state index contributed by atoms with van der Waals surface area (Å²) in [7, 11) is 0. The highest BCUT2D eigenvalue weighted by Crippen LogP contribution is 2.33. The minimum atomic E-state index is -1.98. The van der Waals surface area contributed by atoms with Crippen molar-refractivity contribution in [2.75, 3.05) is 26.4 Å². The van der Waals surface area contributed by atoms with E-state index in [1.165, 1.54) is 109 Å². The second-order valence-corrected chi connectivity index (χ2v) is 21.4. The number of rotatable bonds is 43. The van der Waals surface area contributed by atoms with Crippen LogP contribution in [-0.2, 0) is 33.2 Å². The van der Waals surface area contributed by atoms with Crippen LogP contribution >= 0.6 is 0 Å². The lowest BCUT2D eigenvalue weighted by Gasteiger charge is -2.48. The summed E-state index contributed by atoms with van der Waals surface area (Å²) >= 11 is 0. The first kappa shape index (κ1) is 69.3. The molecule has 0 aliphatic carbocycles. The molecule has 0 spiro atoms. The van der Waals surface area contributed by atoms with Crippen molar-refractivity contribution >= 4 is 5.91 Å². The standard InChI is InChI=1S/C58H105NO18/c1-3-5-7-9-11-13-15-17-19-20-21-22-24-26-28-30-32-34-36-46(64)59-41(42(63)35-33-31-29-27-25-23-18-16-14-12-10-8-6-4-2)40-72-56-52(70)49(67)54(44(38-61)74-56)77-58-53(71)50(68)55(45(39-62)75-58)76-57-51(69)48(66)47(65)43(37-60)73-57/h19-20,25,27,33,35,41-45,47-58,60-63,65-71H,3-18,21-24,26,28-32,34,36-40H2,1-2H3,(H,59,64)/b20-19-,27-25+,35-33+. The lowest BCUT2D eigenvalue weighted by Crippen LogP contribution is -2.66. The molecular formula is C58H105NO18. The number of unbranched alkanes of at least 4 members (excludes halogenated alkanes) is 23. The third-order valence-corrected chi connectivity index (χ3v) is 14.9. The number of aliphatic hydroxyl groups is 11. The Kier molecular flexibility index (Phi) is 37.7. The molecule has 77 heavy (non-hydrogen) atoms. The predicted molar refractivity (Wildman–Crippen MR) is 291 cm³/mol. The van der Waals surface area contributed by atoms with Gasteiger partial charge >= 0.3 is 0 Å². The number of ether oxygens (including phenoxy) is 6. The quantitative estimate of drug-likeness (QED) is 0.0285. The fraction of sp³-hybridized carbons (Fsp3) is 0.879. The van der Waals surface area contributed by atoms with E-state index in [-0.39, 0.29) is 18.9 Å². The second kappa shape index (κ2) is 41.9. The van der Waals surface area contributed by atoms with Gasteiger partial charge in [-0.05, 0) is 57.8 Å². The van der Waals surface area contributed by atoms with Crippen LogP contribution in [0.25, 0.3) is 0 Å². The molecule has 450 valence electrons. The third kappa shape index (κ3) is 26.2. The van der Waals surface area contributed by atoms with Gasteiger partial charge < -0.3 is 89.9 Å². The summed E-state index contributed by atoms with van der Waals surface area (Å²) in [6, 6.07) is -0.990. The van der Waals surface area contributed by atoms with Gasteiger partial charge in [-0.2, -0.15) is 0 Å². The Balaban J connectivity index is 1.52. The van der Waals surface area contributed by atoms with Crippen LogP contribution in [0.4, 0.5) is 0 Å². The molecule has 17 atom stereocenters. The maximum Gasteiger partial charge on any atom is 0.220 e. The predicted octanol–water partition coefficient (Wildman–Crippen LogP) is 4.93. The normalized spacial score (nSPS) is 30.9. The minimum absolute atomic E-state index is 0.231. The number of allylic oxidation sites excluding steroid dienone is 5. The molecular weight excluding hydrogens is 999 g/mol.